The van der Waals surface area contributed by atoms with Gasteiger partial charge in [-0.05, 0) is 18.2 Å². The predicted molar refractivity (Wildman–Crippen MR) is 65.8 cm³/mol. The SMILES string of the molecule is O=C1CC(Br)CN1c1ccc2nc[nH]c2c1. The van der Waals surface area contributed by atoms with Gasteiger partial charge in [0.05, 0.1) is 17.4 Å². The highest BCUT2D eigenvalue weighted by molar-refractivity contribution is 9.09. The molecule has 2 heterocycles. The van der Waals surface area contributed by atoms with Crippen molar-refractivity contribution in [2.24, 2.45) is 0 Å². The Morgan fingerprint density at radius 2 is 2.38 bits per heavy atom. The summed E-state index contributed by atoms with van der Waals surface area (Å²) < 4.78 is 0. The molecule has 1 fully saturated rings. The highest BCUT2D eigenvalue weighted by Crippen LogP contribution is 2.26. The van der Waals surface area contributed by atoms with Crippen molar-refractivity contribution in [2.45, 2.75) is 11.2 Å². The van der Waals surface area contributed by atoms with Gasteiger partial charge in [-0.2, -0.15) is 0 Å². The van der Waals surface area contributed by atoms with Gasteiger partial charge in [-0.25, -0.2) is 4.98 Å². The number of hydrogen-bond donors (Lipinski definition) is 1. The number of H-pyrrole nitrogens is 1. The Balaban J connectivity index is 2.02. The molecule has 0 radical (unpaired) electrons. The number of fused-ring (bicyclic) bond motifs is 1. The van der Waals surface area contributed by atoms with E-state index in [9.17, 15) is 4.79 Å². The van der Waals surface area contributed by atoms with E-state index in [4.69, 9.17) is 0 Å². The Morgan fingerprint density at radius 1 is 1.50 bits per heavy atom. The van der Waals surface area contributed by atoms with Gasteiger partial charge in [-0.3, -0.25) is 4.79 Å². The van der Waals surface area contributed by atoms with Gasteiger partial charge in [0.1, 0.15) is 0 Å². The van der Waals surface area contributed by atoms with Crippen molar-refractivity contribution in [1.29, 1.82) is 0 Å². The number of rotatable bonds is 1. The predicted octanol–water partition coefficient (Wildman–Crippen LogP) is 2.06. The smallest absolute Gasteiger partial charge is 0.228 e. The topological polar surface area (TPSA) is 49.0 Å². The molecule has 5 heteroatoms. The molecule has 1 aliphatic heterocycles. The largest absolute Gasteiger partial charge is 0.345 e. The second-order valence-corrected chi connectivity index (χ2v) is 5.20. The number of aromatic amines is 1. The van der Waals surface area contributed by atoms with Gasteiger partial charge in [0.2, 0.25) is 5.91 Å². The molecule has 2 aromatic rings. The van der Waals surface area contributed by atoms with E-state index in [1.807, 2.05) is 18.2 Å². The number of nitrogens with zero attached hydrogens (tertiary/aromatic N) is 2. The van der Waals surface area contributed by atoms with Crippen LogP contribution in [0.15, 0.2) is 24.5 Å². The molecule has 1 N–H and O–H groups in total. The van der Waals surface area contributed by atoms with Crippen molar-refractivity contribution >= 4 is 38.6 Å². The lowest BCUT2D eigenvalue weighted by molar-refractivity contribution is -0.117. The molecular weight excluding hydrogens is 270 g/mol. The van der Waals surface area contributed by atoms with E-state index in [0.717, 1.165) is 23.3 Å². The number of amides is 1. The molecule has 1 aromatic carbocycles. The van der Waals surface area contributed by atoms with Crippen molar-refractivity contribution in [3.63, 3.8) is 0 Å². The Morgan fingerprint density at radius 3 is 3.12 bits per heavy atom. The number of carbonyl (C=O) groups excluding carboxylic acids is 1. The molecule has 1 aliphatic rings. The zero-order valence-corrected chi connectivity index (χ0v) is 10.1. The standard InChI is InChI=1S/C11H10BrN3O/c12-7-3-11(16)15(5-7)8-1-2-9-10(4-8)14-6-13-9/h1-2,4,6-7H,3,5H2,(H,13,14). The van der Waals surface area contributed by atoms with Crippen molar-refractivity contribution in [3.05, 3.63) is 24.5 Å². The van der Waals surface area contributed by atoms with E-state index in [-0.39, 0.29) is 10.7 Å². The van der Waals surface area contributed by atoms with E-state index in [1.54, 1.807) is 11.2 Å². The number of imidazole rings is 1. The van der Waals surface area contributed by atoms with Crippen molar-refractivity contribution in [1.82, 2.24) is 9.97 Å². The second-order valence-electron chi connectivity index (χ2n) is 3.91. The Labute approximate surface area is 101 Å². The van der Waals surface area contributed by atoms with Gasteiger partial charge in [0.25, 0.3) is 0 Å². The van der Waals surface area contributed by atoms with E-state index in [0.29, 0.717) is 6.42 Å². The molecule has 1 unspecified atom stereocenters. The van der Waals surface area contributed by atoms with Crippen LogP contribution in [0.1, 0.15) is 6.42 Å². The Hall–Kier alpha value is -1.36. The zero-order chi connectivity index (χ0) is 11.1. The summed E-state index contributed by atoms with van der Waals surface area (Å²) in [5.41, 5.74) is 2.82. The lowest BCUT2D eigenvalue weighted by Crippen LogP contribution is -2.24. The summed E-state index contributed by atoms with van der Waals surface area (Å²) in [5.74, 6) is 0.167. The van der Waals surface area contributed by atoms with E-state index in [2.05, 4.69) is 25.9 Å². The van der Waals surface area contributed by atoms with Crippen LogP contribution in [-0.2, 0) is 4.79 Å². The van der Waals surface area contributed by atoms with Crippen LogP contribution >= 0.6 is 15.9 Å². The van der Waals surface area contributed by atoms with Crippen LogP contribution in [-0.4, -0.2) is 27.2 Å². The van der Waals surface area contributed by atoms with Gasteiger partial charge in [0.15, 0.2) is 0 Å². The maximum atomic E-state index is 11.7. The van der Waals surface area contributed by atoms with Gasteiger partial charge in [-0.15, -0.1) is 0 Å². The molecule has 1 atom stereocenters. The summed E-state index contributed by atoms with van der Waals surface area (Å²) in [6, 6.07) is 5.83. The van der Waals surface area contributed by atoms with Crippen LogP contribution < -0.4 is 4.90 Å². The van der Waals surface area contributed by atoms with Crippen molar-refractivity contribution < 1.29 is 4.79 Å². The molecular formula is C11H10BrN3O. The first-order valence-electron chi connectivity index (χ1n) is 5.11. The van der Waals surface area contributed by atoms with Crippen LogP contribution in [0.25, 0.3) is 11.0 Å². The minimum absolute atomic E-state index is 0.167. The fourth-order valence-electron chi connectivity index (χ4n) is 2.01. The first kappa shape index (κ1) is 9.84. The average Bonchev–Trinajstić information content (AvgIpc) is 2.83. The molecule has 16 heavy (non-hydrogen) atoms. The summed E-state index contributed by atoms with van der Waals surface area (Å²) in [5, 5.41) is 0. The normalized spacial score (nSPS) is 20.9. The van der Waals surface area contributed by atoms with Crippen LogP contribution in [0, 0.1) is 0 Å². The summed E-state index contributed by atoms with van der Waals surface area (Å²) >= 11 is 3.48. The number of anilines is 1. The maximum absolute atomic E-state index is 11.7. The second kappa shape index (κ2) is 3.59. The highest BCUT2D eigenvalue weighted by atomic mass is 79.9. The van der Waals surface area contributed by atoms with Gasteiger partial charge < -0.3 is 9.88 Å². The fraction of sp³-hybridized carbons (Fsp3) is 0.273. The van der Waals surface area contributed by atoms with Crippen LogP contribution in [0.3, 0.4) is 0 Å². The molecule has 4 nitrogen and oxygen atoms in total. The number of benzene rings is 1. The number of hydrogen-bond acceptors (Lipinski definition) is 2. The summed E-state index contributed by atoms with van der Waals surface area (Å²) in [6.07, 6.45) is 2.23. The minimum atomic E-state index is 0.167. The quantitative estimate of drug-likeness (QED) is 0.813. The minimum Gasteiger partial charge on any atom is -0.345 e. The van der Waals surface area contributed by atoms with Crippen molar-refractivity contribution in [3.8, 4) is 0 Å². The van der Waals surface area contributed by atoms with E-state index in [1.165, 1.54) is 0 Å². The molecule has 0 aliphatic carbocycles. The van der Waals surface area contributed by atoms with Gasteiger partial charge in [0, 0.05) is 23.5 Å². The maximum Gasteiger partial charge on any atom is 0.228 e. The molecule has 0 saturated carbocycles. The summed E-state index contributed by atoms with van der Waals surface area (Å²) in [4.78, 5) is 21.0. The molecule has 1 aromatic heterocycles. The summed E-state index contributed by atoms with van der Waals surface area (Å²) in [6.45, 7) is 0.735. The Bertz CT molecular complexity index is 551. The zero-order valence-electron chi connectivity index (χ0n) is 8.48. The lowest BCUT2D eigenvalue weighted by atomic mass is 10.2. The van der Waals surface area contributed by atoms with Crippen LogP contribution in [0.2, 0.25) is 0 Å². The molecule has 82 valence electrons. The first-order chi connectivity index (χ1) is 7.74. The first-order valence-corrected chi connectivity index (χ1v) is 6.03. The fourth-order valence-corrected chi connectivity index (χ4v) is 2.57. The number of alkyl halides is 1. The average molecular weight is 280 g/mol. The molecule has 0 spiro atoms. The molecule has 3 rings (SSSR count). The van der Waals surface area contributed by atoms with Crippen LogP contribution in [0.4, 0.5) is 5.69 Å². The third kappa shape index (κ3) is 1.51. The van der Waals surface area contributed by atoms with E-state index < -0.39 is 0 Å². The molecule has 1 saturated heterocycles. The van der Waals surface area contributed by atoms with Crippen molar-refractivity contribution in [2.75, 3.05) is 11.4 Å². The number of halogens is 1. The van der Waals surface area contributed by atoms with Crippen LogP contribution in [0.5, 0.6) is 0 Å². The van der Waals surface area contributed by atoms with Gasteiger partial charge in [-0.1, -0.05) is 15.9 Å². The summed E-state index contributed by atoms with van der Waals surface area (Å²) in [7, 11) is 0. The Kier molecular flexibility index (Phi) is 2.21. The lowest BCUT2D eigenvalue weighted by Gasteiger charge is -2.15. The highest BCUT2D eigenvalue weighted by Gasteiger charge is 2.28. The number of carbonyl (C=O) groups is 1. The van der Waals surface area contributed by atoms with Gasteiger partial charge >= 0.3 is 0 Å². The monoisotopic (exact) mass is 279 g/mol. The number of aromatic nitrogens is 2. The number of nitrogens with one attached hydrogen (secondary N) is 1. The molecule has 1 amide bonds. The molecule has 0 bridgehead atoms. The third-order valence-corrected chi connectivity index (χ3v) is 3.41. The third-order valence-electron chi connectivity index (χ3n) is 2.79. The van der Waals surface area contributed by atoms with E-state index >= 15 is 0 Å².